The van der Waals surface area contributed by atoms with Gasteiger partial charge in [-0.05, 0) is 43.2 Å². The van der Waals surface area contributed by atoms with Gasteiger partial charge in [0, 0.05) is 11.3 Å². The van der Waals surface area contributed by atoms with Crippen molar-refractivity contribution in [2.45, 2.75) is 18.7 Å². The van der Waals surface area contributed by atoms with E-state index in [2.05, 4.69) is 16.8 Å². The van der Waals surface area contributed by atoms with Gasteiger partial charge in [-0.15, -0.1) is 0 Å². The van der Waals surface area contributed by atoms with Crippen molar-refractivity contribution >= 4 is 9.84 Å². The molecule has 0 radical (unpaired) electrons. The van der Waals surface area contributed by atoms with Crippen LogP contribution in [-0.4, -0.2) is 19.2 Å². The van der Waals surface area contributed by atoms with Crippen molar-refractivity contribution in [2.24, 2.45) is 0 Å². The summed E-state index contributed by atoms with van der Waals surface area (Å²) in [6.07, 6.45) is 0. The lowest BCUT2D eigenvalue weighted by atomic mass is 10.2. The largest absolute Gasteiger partial charge is 0.245 e. The van der Waals surface area contributed by atoms with E-state index in [1.54, 1.807) is 31.2 Å². The lowest BCUT2D eigenvalue weighted by molar-refractivity contribution is 0.597. The summed E-state index contributed by atoms with van der Waals surface area (Å²) in [6, 6.07) is 12.3. The van der Waals surface area contributed by atoms with E-state index in [0.29, 0.717) is 16.2 Å². The lowest BCUT2D eigenvalue weighted by Crippen LogP contribution is -2.03. The molecule has 0 aliphatic carbocycles. The molecular weight excluding hydrogens is 270 g/mol. The normalized spacial score (nSPS) is 10.7. The molecule has 20 heavy (non-hydrogen) atoms. The molecule has 1 heterocycles. The average molecular weight is 285 g/mol. The van der Waals surface area contributed by atoms with Gasteiger partial charge < -0.3 is 0 Å². The number of rotatable bonds is 2. The molecule has 0 spiro atoms. The van der Waals surface area contributed by atoms with Crippen LogP contribution in [0.1, 0.15) is 23.9 Å². The molecule has 0 saturated carbocycles. The van der Waals surface area contributed by atoms with Gasteiger partial charge >= 0.3 is 0 Å². The van der Waals surface area contributed by atoms with Crippen molar-refractivity contribution in [3.05, 3.63) is 59.4 Å². The minimum Gasteiger partial charge on any atom is -0.245 e. The number of pyridine rings is 1. The number of nitrogens with zero attached hydrogens (tertiary/aromatic N) is 1. The highest BCUT2D eigenvalue weighted by Gasteiger charge is 2.10. The number of benzene rings is 1. The van der Waals surface area contributed by atoms with Crippen molar-refractivity contribution in [2.75, 3.05) is 5.75 Å². The third-order valence-electron chi connectivity index (χ3n) is 2.80. The van der Waals surface area contributed by atoms with E-state index in [1.165, 1.54) is 0 Å². The van der Waals surface area contributed by atoms with Gasteiger partial charge in [-0.25, -0.2) is 13.4 Å². The van der Waals surface area contributed by atoms with Crippen LogP contribution in [0, 0.1) is 18.8 Å². The summed E-state index contributed by atoms with van der Waals surface area (Å²) in [4.78, 5) is 4.59. The average Bonchev–Trinajstić information content (AvgIpc) is 2.45. The smallest absolute Gasteiger partial charge is 0.178 e. The first-order chi connectivity index (χ1) is 9.51. The highest BCUT2D eigenvalue weighted by Crippen LogP contribution is 2.12. The van der Waals surface area contributed by atoms with Crippen LogP contribution < -0.4 is 0 Å². The number of aryl methyl sites for hydroxylation is 1. The fourth-order valence-corrected chi connectivity index (χ4v) is 2.61. The first-order valence-electron chi connectivity index (χ1n) is 6.30. The van der Waals surface area contributed by atoms with Crippen LogP contribution in [-0.2, 0) is 9.84 Å². The van der Waals surface area contributed by atoms with Gasteiger partial charge in [0.1, 0.15) is 5.69 Å². The van der Waals surface area contributed by atoms with E-state index in [-0.39, 0.29) is 5.75 Å². The number of aromatic nitrogens is 1. The monoisotopic (exact) mass is 285 g/mol. The Kier molecular flexibility index (Phi) is 4.21. The molecule has 0 fully saturated rings. The van der Waals surface area contributed by atoms with Crippen LogP contribution in [0.2, 0.25) is 0 Å². The Morgan fingerprint density at radius 1 is 1.10 bits per heavy atom. The summed E-state index contributed by atoms with van der Waals surface area (Å²) >= 11 is 0. The number of hydrogen-bond acceptors (Lipinski definition) is 3. The van der Waals surface area contributed by atoms with Gasteiger partial charge in [0.25, 0.3) is 0 Å². The molecule has 0 aliphatic heterocycles. The van der Waals surface area contributed by atoms with Gasteiger partial charge in [-0.2, -0.15) is 0 Å². The van der Waals surface area contributed by atoms with Crippen LogP contribution >= 0.6 is 0 Å². The predicted octanol–water partition coefficient (Wildman–Crippen LogP) is 2.58. The number of sulfone groups is 1. The quantitative estimate of drug-likeness (QED) is 0.797. The second kappa shape index (κ2) is 5.89. The zero-order valence-electron chi connectivity index (χ0n) is 11.4. The van der Waals surface area contributed by atoms with Gasteiger partial charge in [-0.1, -0.05) is 25.0 Å². The second-order valence-electron chi connectivity index (χ2n) is 4.35. The molecule has 0 atom stereocenters. The summed E-state index contributed by atoms with van der Waals surface area (Å²) in [5, 5.41) is 0. The van der Waals surface area contributed by atoms with E-state index in [4.69, 9.17) is 0 Å². The fraction of sp³-hybridized carbons (Fsp3) is 0.188. The minimum absolute atomic E-state index is 0.0866. The molecule has 2 aromatic rings. The Hall–Kier alpha value is -2.12. The van der Waals surface area contributed by atoms with Crippen LogP contribution in [0.4, 0.5) is 0 Å². The molecule has 3 nitrogen and oxygen atoms in total. The topological polar surface area (TPSA) is 47.0 Å². The van der Waals surface area contributed by atoms with Gasteiger partial charge in [-0.3, -0.25) is 0 Å². The van der Waals surface area contributed by atoms with E-state index in [0.717, 1.165) is 5.69 Å². The molecule has 2 rings (SSSR count). The van der Waals surface area contributed by atoms with Crippen molar-refractivity contribution in [1.82, 2.24) is 4.98 Å². The number of hydrogen-bond donors (Lipinski definition) is 0. The zero-order valence-corrected chi connectivity index (χ0v) is 12.2. The third-order valence-corrected chi connectivity index (χ3v) is 4.53. The Bertz CT molecular complexity index is 783. The molecule has 4 heteroatoms. The molecule has 0 amide bonds. The van der Waals surface area contributed by atoms with Crippen LogP contribution in [0.15, 0.2) is 47.4 Å². The summed E-state index contributed by atoms with van der Waals surface area (Å²) in [5.74, 6) is 5.98. The van der Waals surface area contributed by atoms with E-state index >= 15 is 0 Å². The second-order valence-corrected chi connectivity index (χ2v) is 6.62. The standard InChI is InChI=1S/C16H15NO2S/c1-3-20(18,19)16-9-5-7-14(12-16)10-11-15-8-4-6-13(2)17-15/h4-9,12H,3H2,1-2H3. The van der Waals surface area contributed by atoms with Gasteiger partial charge in [0.15, 0.2) is 9.84 Å². The summed E-state index contributed by atoms with van der Waals surface area (Å²) < 4.78 is 23.6. The first kappa shape index (κ1) is 14.3. The highest BCUT2D eigenvalue weighted by atomic mass is 32.2. The maximum Gasteiger partial charge on any atom is 0.178 e. The molecule has 0 aliphatic rings. The SMILES string of the molecule is CCS(=O)(=O)c1cccc(C#Cc2cccc(C)n2)c1. The van der Waals surface area contributed by atoms with Crippen molar-refractivity contribution in [3.63, 3.8) is 0 Å². The molecule has 102 valence electrons. The molecule has 1 aromatic carbocycles. The summed E-state index contributed by atoms with van der Waals surface area (Å²) in [6.45, 7) is 3.53. The van der Waals surface area contributed by atoms with Gasteiger partial charge in [0.05, 0.1) is 10.6 Å². The third kappa shape index (κ3) is 3.46. The minimum atomic E-state index is -3.19. The lowest BCUT2D eigenvalue weighted by Gasteiger charge is -2.01. The van der Waals surface area contributed by atoms with E-state index in [1.807, 2.05) is 25.1 Å². The highest BCUT2D eigenvalue weighted by molar-refractivity contribution is 7.91. The predicted molar refractivity (Wildman–Crippen MR) is 79.1 cm³/mol. The Balaban J connectivity index is 2.35. The molecular formula is C16H15NO2S. The molecule has 0 unspecified atom stereocenters. The Morgan fingerprint density at radius 2 is 1.85 bits per heavy atom. The van der Waals surface area contributed by atoms with E-state index < -0.39 is 9.84 Å². The molecule has 0 N–H and O–H groups in total. The molecule has 1 aromatic heterocycles. The van der Waals surface area contributed by atoms with E-state index in [9.17, 15) is 8.42 Å². The maximum atomic E-state index is 11.8. The zero-order chi connectivity index (χ0) is 14.6. The molecule has 0 bridgehead atoms. The Morgan fingerprint density at radius 3 is 2.55 bits per heavy atom. The van der Waals surface area contributed by atoms with Crippen molar-refractivity contribution in [3.8, 4) is 11.8 Å². The van der Waals surface area contributed by atoms with Crippen LogP contribution in [0.25, 0.3) is 0 Å². The molecule has 0 saturated heterocycles. The van der Waals surface area contributed by atoms with Gasteiger partial charge in [0.2, 0.25) is 0 Å². The van der Waals surface area contributed by atoms with Crippen molar-refractivity contribution < 1.29 is 8.42 Å². The fourth-order valence-electron chi connectivity index (χ4n) is 1.68. The van der Waals surface area contributed by atoms with Crippen LogP contribution in [0.5, 0.6) is 0 Å². The van der Waals surface area contributed by atoms with Crippen molar-refractivity contribution in [1.29, 1.82) is 0 Å². The van der Waals surface area contributed by atoms with Crippen LogP contribution in [0.3, 0.4) is 0 Å². The maximum absolute atomic E-state index is 11.8. The summed E-state index contributed by atoms with van der Waals surface area (Å²) in [5.41, 5.74) is 2.25. The summed E-state index contributed by atoms with van der Waals surface area (Å²) in [7, 11) is -3.19. The first-order valence-corrected chi connectivity index (χ1v) is 7.95. The Labute approximate surface area is 119 Å².